The minimum absolute atomic E-state index is 0.0629. The van der Waals surface area contributed by atoms with E-state index in [-0.39, 0.29) is 11.4 Å². The molecule has 148 valence electrons. The Morgan fingerprint density at radius 3 is 2.38 bits per heavy atom. The number of halogens is 3. The number of aromatic nitrogens is 2. The number of nitro groups is 1. The largest absolute Gasteiger partial charge is 0.573 e. The van der Waals surface area contributed by atoms with Gasteiger partial charge in [0, 0.05) is 17.2 Å². The molecule has 1 amide bonds. The third-order valence-electron chi connectivity index (χ3n) is 3.61. The Labute approximate surface area is 161 Å². The summed E-state index contributed by atoms with van der Waals surface area (Å²) in [5, 5.41) is 13.4. The summed E-state index contributed by atoms with van der Waals surface area (Å²) in [6.07, 6.45) is -2.39. The van der Waals surface area contributed by atoms with Gasteiger partial charge in [0.05, 0.1) is 23.0 Å². The molecule has 1 heterocycles. The summed E-state index contributed by atoms with van der Waals surface area (Å²) < 4.78 is 40.6. The lowest BCUT2D eigenvalue weighted by Gasteiger charge is -2.10. The quantitative estimate of drug-likeness (QED) is 0.504. The Kier molecular flexibility index (Phi) is 5.39. The van der Waals surface area contributed by atoms with Gasteiger partial charge < -0.3 is 10.1 Å². The Morgan fingerprint density at radius 1 is 1.07 bits per heavy atom. The number of nitrogens with one attached hydrogen (secondary N) is 1. The maximum atomic E-state index is 12.3. The van der Waals surface area contributed by atoms with Crippen molar-refractivity contribution in [2.24, 2.45) is 0 Å². The van der Waals surface area contributed by atoms with Gasteiger partial charge in [0.15, 0.2) is 5.82 Å². The van der Waals surface area contributed by atoms with Gasteiger partial charge in [-0.3, -0.25) is 19.9 Å². The topological polar surface area (TPSA) is 107 Å². The average Bonchev–Trinajstić information content (AvgIpc) is 2.68. The van der Waals surface area contributed by atoms with Crippen LogP contribution in [0.25, 0.3) is 11.3 Å². The number of nitrogens with zero attached hydrogens (tertiary/aromatic N) is 3. The third-order valence-corrected chi connectivity index (χ3v) is 3.61. The van der Waals surface area contributed by atoms with Crippen molar-refractivity contribution in [1.82, 2.24) is 9.97 Å². The molecule has 0 saturated carbocycles. The Morgan fingerprint density at radius 2 is 1.79 bits per heavy atom. The SMILES string of the molecule is O=C(Nc1cnc(-c2ccccc2)cn1)c1ccc(OC(F)(F)F)c([N+](=O)[O-])c1. The van der Waals surface area contributed by atoms with E-state index in [2.05, 4.69) is 20.0 Å². The molecule has 1 N–H and O–H groups in total. The molecule has 2 aromatic carbocycles. The van der Waals surface area contributed by atoms with Crippen molar-refractivity contribution < 1.29 is 27.6 Å². The normalized spacial score (nSPS) is 11.0. The second kappa shape index (κ2) is 7.92. The highest BCUT2D eigenvalue weighted by Gasteiger charge is 2.34. The van der Waals surface area contributed by atoms with E-state index in [1.807, 2.05) is 30.3 Å². The molecule has 0 fully saturated rings. The van der Waals surface area contributed by atoms with Crippen molar-refractivity contribution in [2.75, 3.05) is 5.32 Å². The van der Waals surface area contributed by atoms with Crippen LogP contribution in [0.4, 0.5) is 24.7 Å². The molecule has 0 bridgehead atoms. The highest BCUT2D eigenvalue weighted by atomic mass is 19.4. The van der Waals surface area contributed by atoms with Crippen LogP contribution in [-0.4, -0.2) is 27.2 Å². The molecular formula is C18H11F3N4O4. The number of nitro benzene ring substituents is 1. The van der Waals surface area contributed by atoms with Crippen molar-refractivity contribution in [3.05, 3.63) is 76.6 Å². The zero-order valence-corrected chi connectivity index (χ0v) is 14.4. The number of amides is 1. The fraction of sp³-hybridized carbons (Fsp3) is 0.0556. The van der Waals surface area contributed by atoms with E-state index >= 15 is 0 Å². The van der Waals surface area contributed by atoms with Crippen molar-refractivity contribution in [1.29, 1.82) is 0 Å². The van der Waals surface area contributed by atoms with Crippen molar-refractivity contribution >= 4 is 17.4 Å². The summed E-state index contributed by atoms with van der Waals surface area (Å²) in [5.41, 5.74) is 0.127. The van der Waals surface area contributed by atoms with Crippen LogP contribution in [0.2, 0.25) is 0 Å². The average molecular weight is 404 g/mol. The van der Waals surface area contributed by atoms with Crippen LogP contribution >= 0.6 is 0 Å². The van der Waals surface area contributed by atoms with E-state index in [0.717, 1.165) is 11.6 Å². The number of hydrogen-bond donors (Lipinski definition) is 1. The number of carbonyl (C=O) groups is 1. The first-order valence-corrected chi connectivity index (χ1v) is 7.96. The van der Waals surface area contributed by atoms with Gasteiger partial charge in [-0.2, -0.15) is 0 Å². The number of anilines is 1. The highest BCUT2D eigenvalue weighted by molar-refractivity contribution is 6.04. The molecule has 0 spiro atoms. The number of rotatable bonds is 5. The predicted octanol–water partition coefficient (Wildman–Crippen LogP) is 4.20. The molecule has 8 nitrogen and oxygen atoms in total. The predicted molar refractivity (Wildman–Crippen MR) is 95.2 cm³/mol. The first kappa shape index (κ1) is 19.7. The van der Waals surface area contributed by atoms with Gasteiger partial charge in [0.25, 0.3) is 5.91 Å². The lowest BCUT2D eigenvalue weighted by molar-refractivity contribution is -0.388. The number of hydrogen-bond acceptors (Lipinski definition) is 6. The van der Waals surface area contributed by atoms with Gasteiger partial charge in [0.1, 0.15) is 0 Å². The van der Waals surface area contributed by atoms with E-state index in [4.69, 9.17) is 0 Å². The standard InChI is InChI=1S/C18H11F3N4O4/c19-18(20,21)29-15-7-6-12(8-14(15)25(27)28)17(26)24-16-10-22-13(9-23-16)11-4-2-1-3-5-11/h1-10H,(H,23,24,26). The van der Waals surface area contributed by atoms with E-state index in [9.17, 15) is 28.1 Å². The van der Waals surface area contributed by atoms with Crippen LogP contribution in [0.15, 0.2) is 60.9 Å². The summed E-state index contributed by atoms with van der Waals surface area (Å²) >= 11 is 0. The molecular weight excluding hydrogens is 393 g/mol. The molecule has 0 atom stereocenters. The number of benzene rings is 2. The monoisotopic (exact) mass is 404 g/mol. The lowest BCUT2D eigenvalue weighted by atomic mass is 10.1. The van der Waals surface area contributed by atoms with Gasteiger partial charge in [-0.25, -0.2) is 4.98 Å². The van der Waals surface area contributed by atoms with Crippen LogP contribution in [0.3, 0.4) is 0 Å². The first-order valence-electron chi connectivity index (χ1n) is 7.96. The van der Waals surface area contributed by atoms with Gasteiger partial charge in [0.2, 0.25) is 5.75 Å². The van der Waals surface area contributed by atoms with Crippen LogP contribution < -0.4 is 10.1 Å². The first-order chi connectivity index (χ1) is 13.7. The number of alkyl halides is 3. The van der Waals surface area contributed by atoms with Gasteiger partial charge >= 0.3 is 12.0 Å². The second-order valence-corrected chi connectivity index (χ2v) is 5.59. The van der Waals surface area contributed by atoms with E-state index < -0.39 is 28.6 Å². The van der Waals surface area contributed by atoms with Gasteiger partial charge in [-0.15, -0.1) is 13.2 Å². The molecule has 29 heavy (non-hydrogen) atoms. The maximum Gasteiger partial charge on any atom is 0.573 e. The molecule has 3 rings (SSSR count). The smallest absolute Gasteiger partial charge is 0.398 e. The summed E-state index contributed by atoms with van der Waals surface area (Å²) in [5.74, 6) is -1.77. The van der Waals surface area contributed by atoms with Crippen LogP contribution in [0.5, 0.6) is 5.75 Å². The van der Waals surface area contributed by atoms with E-state index in [1.54, 1.807) is 0 Å². The molecule has 11 heteroatoms. The second-order valence-electron chi connectivity index (χ2n) is 5.59. The Bertz CT molecular complexity index is 1040. The molecule has 0 unspecified atom stereocenters. The summed E-state index contributed by atoms with van der Waals surface area (Å²) in [6, 6.07) is 11.5. The third kappa shape index (κ3) is 5.03. The van der Waals surface area contributed by atoms with Crippen LogP contribution in [-0.2, 0) is 0 Å². The molecule has 0 aliphatic rings. The zero-order valence-electron chi connectivity index (χ0n) is 14.4. The minimum Gasteiger partial charge on any atom is -0.398 e. The fourth-order valence-corrected chi connectivity index (χ4v) is 2.35. The van der Waals surface area contributed by atoms with Gasteiger partial charge in [-0.1, -0.05) is 30.3 Å². The zero-order chi connectivity index (χ0) is 21.0. The summed E-state index contributed by atoms with van der Waals surface area (Å²) in [6.45, 7) is 0. The Hall–Kier alpha value is -4.02. The Balaban J connectivity index is 1.78. The molecule has 0 aliphatic carbocycles. The fourth-order valence-electron chi connectivity index (χ4n) is 2.35. The minimum atomic E-state index is -5.11. The number of carbonyl (C=O) groups excluding carboxylic acids is 1. The lowest BCUT2D eigenvalue weighted by Crippen LogP contribution is -2.18. The summed E-state index contributed by atoms with van der Waals surface area (Å²) in [7, 11) is 0. The molecule has 3 aromatic rings. The molecule has 1 aromatic heterocycles. The van der Waals surface area contributed by atoms with Crippen molar-refractivity contribution in [3.8, 4) is 17.0 Å². The van der Waals surface area contributed by atoms with Crippen molar-refractivity contribution in [2.45, 2.75) is 6.36 Å². The molecule has 0 saturated heterocycles. The highest BCUT2D eigenvalue weighted by Crippen LogP contribution is 2.32. The maximum absolute atomic E-state index is 12.3. The van der Waals surface area contributed by atoms with Gasteiger partial charge in [-0.05, 0) is 12.1 Å². The van der Waals surface area contributed by atoms with Crippen LogP contribution in [0, 0.1) is 10.1 Å². The molecule has 0 aliphatic heterocycles. The number of ether oxygens (including phenoxy) is 1. The van der Waals surface area contributed by atoms with Crippen molar-refractivity contribution in [3.63, 3.8) is 0 Å². The van der Waals surface area contributed by atoms with E-state index in [1.165, 1.54) is 12.4 Å². The van der Waals surface area contributed by atoms with E-state index in [0.29, 0.717) is 17.8 Å². The summed E-state index contributed by atoms with van der Waals surface area (Å²) in [4.78, 5) is 30.4. The van der Waals surface area contributed by atoms with Crippen LogP contribution in [0.1, 0.15) is 10.4 Å². The molecule has 0 radical (unpaired) electrons.